The molecule has 19 heavy (non-hydrogen) atoms. The molecule has 0 amide bonds. The Morgan fingerprint density at radius 1 is 1.32 bits per heavy atom. The van der Waals surface area contributed by atoms with E-state index < -0.39 is 10.2 Å². The summed E-state index contributed by atoms with van der Waals surface area (Å²) in [5.41, 5.74) is 0.601. The Bertz CT molecular complexity index is 527. The molecule has 106 valence electrons. The fraction of sp³-hybridized carbons (Fsp3) is 0.500. The molecular weight excluding hydrogens is 266 g/mol. The topological polar surface area (TPSA) is 72.9 Å². The molecule has 0 aliphatic carbocycles. The number of nitrogens with zero attached hydrogens (tertiary/aromatic N) is 2. The highest BCUT2D eigenvalue weighted by molar-refractivity contribution is 7.86. The van der Waals surface area contributed by atoms with E-state index >= 15 is 0 Å². The van der Waals surface area contributed by atoms with Gasteiger partial charge in [0.15, 0.2) is 0 Å². The second-order valence-corrected chi connectivity index (χ2v) is 6.58. The third-order valence-electron chi connectivity index (χ3n) is 3.18. The minimum Gasteiger partial charge on any atom is -0.508 e. The number of phenolic OH excluding ortho intramolecular Hbond substituents is 1. The third-order valence-corrected chi connectivity index (χ3v) is 5.12. The third kappa shape index (κ3) is 3.24. The maximum atomic E-state index is 12.3. The van der Waals surface area contributed by atoms with Crippen molar-refractivity contribution in [2.24, 2.45) is 0 Å². The quantitative estimate of drug-likeness (QED) is 0.815. The Balaban J connectivity index is 2.10. The van der Waals surface area contributed by atoms with Crippen LogP contribution in [-0.4, -0.2) is 55.4 Å². The molecule has 1 saturated heterocycles. The molecule has 0 aromatic heterocycles. The number of para-hydroxylation sites is 1. The lowest BCUT2D eigenvalue weighted by atomic mass is 10.2. The summed E-state index contributed by atoms with van der Waals surface area (Å²) < 4.78 is 27.4. The van der Waals surface area contributed by atoms with Crippen molar-refractivity contribution in [3.8, 4) is 5.75 Å². The molecule has 0 spiro atoms. The van der Waals surface area contributed by atoms with Crippen molar-refractivity contribution in [1.82, 2.24) is 13.9 Å². The van der Waals surface area contributed by atoms with Crippen molar-refractivity contribution in [1.29, 1.82) is 0 Å². The van der Waals surface area contributed by atoms with Crippen molar-refractivity contribution >= 4 is 10.2 Å². The van der Waals surface area contributed by atoms with Gasteiger partial charge in [-0.2, -0.15) is 17.0 Å². The Morgan fingerprint density at radius 3 is 2.58 bits per heavy atom. The van der Waals surface area contributed by atoms with Crippen molar-refractivity contribution in [2.75, 3.05) is 33.2 Å². The lowest BCUT2D eigenvalue weighted by Crippen LogP contribution is -2.50. The molecule has 2 N–H and O–H groups in total. The highest BCUT2D eigenvalue weighted by atomic mass is 32.2. The SMILES string of the molecule is CN(Cc1ccccc1O)S(=O)(=O)N1CCNCC1. The number of nitrogens with one attached hydrogen (secondary N) is 1. The molecule has 0 saturated carbocycles. The fourth-order valence-corrected chi connectivity index (χ4v) is 3.38. The van der Waals surface area contributed by atoms with Crippen LogP contribution in [0.1, 0.15) is 5.56 Å². The van der Waals surface area contributed by atoms with E-state index in [2.05, 4.69) is 5.32 Å². The summed E-state index contributed by atoms with van der Waals surface area (Å²) in [6.45, 7) is 2.47. The van der Waals surface area contributed by atoms with Crippen molar-refractivity contribution in [2.45, 2.75) is 6.54 Å². The summed E-state index contributed by atoms with van der Waals surface area (Å²) in [5, 5.41) is 12.8. The standard InChI is InChI=1S/C12H19N3O3S/c1-14(10-11-4-2-3-5-12(11)16)19(17,18)15-8-6-13-7-9-15/h2-5,13,16H,6-10H2,1H3. The lowest BCUT2D eigenvalue weighted by molar-refractivity contribution is 0.323. The highest BCUT2D eigenvalue weighted by Gasteiger charge is 2.28. The monoisotopic (exact) mass is 285 g/mol. The number of piperazine rings is 1. The molecule has 0 radical (unpaired) electrons. The second-order valence-electron chi connectivity index (χ2n) is 4.54. The number of phenols is 1. The van der Waals surface area contributed by atoms with E-state index in [-0.39, 0.29) is 12.3 Å². The van der Waals surface area contributed by atoms with E-state index in [1.54, 1.807) is 24.3 Å². The van der Waals surface area contributed by atoms with Gasteiger partial charge >= 0.3 is 0 Å². The zero-order chi connectivity index (χ0) is 13.9. The summed E-state index contributed by atoms with van der Waals surface area (Å²) in [4.78, 5) is 0. The first-order valence-electron chi connectivity index (χ1n) is 6.21. The maximum absolute atomic E-state index is 12.3. The summed E-state index contributed by atoms with van der Waals surface area (Å²) in [6, 6.07) is 6.77. The van der Waals surface area contributed by atoms with E-state index in [9.17, 15) is 13.5 Å². The van der Waals surface area contributed by atoms with Crippen LogP contribution in [0.3, 0.4) is 0 Å². The van der Waals surface area contributed by atoms with E-state index in [0.717, 1.165) is 0 Å². The number of benzene rings is 1. The van der Waals surface area contributed by atoms with Gasteiger partial charge in [0.05, 0.1) is 0 Å². The van der Waals surface area contributed by atoms with Gasteiger partial charge in [-0.15, -0.1) is 0 Å². The van der Waals surface area contributed by atoms with Crippen molar-refractivity contribution < 1.29 is 13.5 Å². The fourth-order valence-electron chi connectivity index (χ4n) is 2.04. The molecule has 7 heteroatoms. The number of hydrogen-bond acceptors (Lipinski definition) is 4. The molecule has 6 nitrogen and oxygen atoms in total. The normalized spacial score (nSPS) is 17.8. The average molecular weight is 285 g/mol. The van der Waals surface area contributed by atoms with Gasteiger partial charge < -0.3 is 10.4 Å². The molecule has 0 unspecified atom stereocenters. The molecule has 1 aromatic carbocycles. The zero-order valence-electron chi connectivity index (χ0n) is 10.9. The van der Waals surface area contributed by atoms with Crippen LogP contribution in [0.25, 0.3) is 0 Å². The first-order valence-corrected chi connectivity index (χ1v) is 7.60. The van der Waals surface area contributed by atoms with Crippen LogP contribution in [0.5, 0.6) is 5.75 Å². The van der Waals surface area contributed by atoms with Crippen molar-refractivity contribution in [3.05, 3.63) is 29.8 Å². The number of aromatic hydroxyl groups is 1. The molecule has 1 aliphatic rings. The van der Waals surface area contributed by atoms with Crippen LogP contribution in [-0.2, 0) is 16.8 Å². The summed E-state index contributed by atoms with van der Waals surface area (Å²) in [6.07, 6.45) is 0. The van der Waals surface area contributed by atoms with Gasteiger partial charge in [-0.25, -0.2) is 0 Å². The Hall–Kier alpha value is -1.15. The van der Waals surface area contributed by atoms with E-state index in [1.807, 2.05) is 0 Å². The number of hydrogen-bond donors (Lipinski definition) is 2. The maximum Gasteiger partial charge on any atom is 0.282 e. The largest absolute Gasteiger partial charge is 0.508 e. The Kier molecular flexibility index (Phi) is 4.41. The van der Waals surface area contributed by atoms with Gasteiger partial charge in [0.1, 0.15) is 5.75 Å². The van der Waals surface area contributed by atoms with Crippen LogP contribution in [0.2, 0.25) is 0 Å². The smallest absolute Gasteiger partial charge is 0.282 e. The average Bonchev–Trinajstić information content (AvgIpc) is 2.42. The lowest BCUT2D eigenvalue weighted by Gasteiger charge is -2.30. The first-order chi connectivity index (χ1) is 9.01. The molecule has 1 aromatic rings. The van der Waals surface area contributed by atoms with Crippen molar-refractivity contribution in [3.63, 3.8) is 0 Å². The Labute approximate surface area is 113 Å². The molecule has 1 heterocycles. The molecule has 1 fully saturated rings. The first kappa shape index (κ1) is 14.3. The summed E-state index contributed by atoms with van der Waals surface area (Å²) in [5.74, 6) is 0.116. The summed E-state index contributed by atoms with van der Waals surface area (Å²) in [7, 11) is -1.93. The minimum atomic E-state index is -3.46. The van der Waals surface area contributed by atoms with Crippen LogP contribution >= 0.6 is 0 Å². The van der Waals surface area contributed by atoms with Crippen LogP contribution in [0.4, 0.5) is 0 Å². The molecule has 1 aliphatic heterocycles. The van der Waals surface area contributed by atoms with Gasteiger partial charge in [-0.05, 0) is 6.07 Å². The van der Waals surface area contributed by atoms with Gasteiger partial charge in [0, 0.05) is 45.3 Å². The zero-order valence-corrected chi connectivity index (χ0v) is 11.7. The predicted molar refractivity (Wildman–Crippen MR) is 72.9 cm³/mol. The summed E-state index contributed by atoms with van der Waals surface area (Å²) >= 11 is 0. The van der Waals surface area contributed by atoms with Gasteiger partial charge in [0.2, 0.25) is 0 Å². The molecular formula is C12H19N3O3S. The second kappa shape index (κ2) is 5.87. The molecule has 0 atom stereocenters. The highest BCUT2D eigenvalue weighted by Crippen LogP contribution is 2.19. The van der Waals surface area contributed by atoms with Crippen LogP contribution < -0.4 is 5.32 Å². The predicted octanol–water partition coefficient (Wildman–Crippen LogP) is -0.0260. The van der Waals surface area contributed by atoms with E-state index in [0.29, 0.717) is 31.7 Å². The van der Waals surface area contributed by atoms with Crippen LogP contribution in [0.15, 0.2) is 24.3 Å². The van der Waals surface area contributed by atoms with Gasteiger partial charge in [-0.3, -0.25) is 0 Å². The van der Waals surface area contributed by atoms with Crippen LogP contribution in [0, 0.1) is 0 Å². The minimum absolute atomic E-state index is 0.116. The van der Waals surface area contributed by atoms with Gasteiger partial charge in [-0.1, -0.05) is 18.2 Å². The number of rotatable bonds is 4. The Morgan fingerprint density at radius 2 is 1.95 bits per heavy atom. The molecule has 0 bridgehead atoms. The molecule has 2 rings (SSSR count). The van der Waals surface area contributed by atoms with E-state index in [1.165, 1.54) is 15.7 Å². The van der Waals surface area contributed by atoms with E-state index in [4.69, 9.17) is 0 Å². The van der Waals surface area contributed by atoms with Gasteiger partial charge in [0.25, 0.3) is 10.2 Å².